The van der Waals surface area contributed by atoms with Gasteiger partial charge in [-0.3, -0.25) is 14.2 Å². The van der Waals surface area contributed by atoms with E-state index in [4.69, 9.17) is 5.11 Å². The molecule has 1 saturated carbocycles. The van der Waals surface area contributed by atoms with E-state index >= 15 is 0 Å². The zero-order valence-electron chi connectivity index (χ0n) is 10.9. The highest BCUT2D eigenvalue weighted by Crippen LogP contribution is 2.38. The lowest BCUT2D eigenvalue weighted by molar-refractivity contribution is -0.133. The van der Waals surface area contributed by atoms with Gasteiger partial charge in [-0.15, -0.1) is 11.3 Å². The van der Waals surface area contributed by atoms with E-state index in [1.54, 1.807) is 10.6 Å². The molecule has 2 aromatic heterocycles. The van der Waals surface area contributed by atoms with Crippen LogP contribution in [-0.4, -0.2) is 26.4 Å². The number of aromatic nitrogens is 2. The standard InChI is InChI=1S/C13H14N2O3S2/c1-7-4-8(5-7)15-12(18)9-2-3-19-11(9)14-13(15)20-6-10(16)17/h2-3,7-8H,4-6H2,1H3,(H,16,17). The number of carboxylic acid groups (broad SMARTS) is 1. The number of hydrogen-bond acceptors (Lipinski definition) is 5. The Bertz CT molecular complexity index is 716. The Morgan fingerprint density at radius 2 is 2.35 bits per heavy atom. The van der Waals surface area contributed by atoms with Crippen molar-refractivity contribution in [1.82, 2.24) is 9.55 Å². The molecule has 2 heterocycles. The quantitative estimate of drug-likeness (QED) is 0.694. The molecule has 0 atom stereocenters. The first-order valence-electron chi connectivity index (χ1n) is 6.40. The summed E-state index contributed by atoms with van der Waals surface area (Å²) in [6, 6.07) is 1.95. The molecule has 7 heteroatoms. The van der Waals surface area contributed by atoms with Crippen molar-refractivity contribution >= 4 is 39.3 Å². The van der Waals surface area contributed by atoms with Crippen molar-refractivity contribution < 1.29 is 9.90 Å². The Kier molecular flexibility index (Phi) is 3.55. The summed E-state index contributed by atoms with van der Waals surface area (Å²) in [6.45, 7) is 2.15. The Morgan fingerprint density at radius 3 is 3.00 bits per heavy atom. The highest BCUT2D eigenvalue weighted by atomic mass is 32.2. The van der Waals surface area contributed by atoms with Crippen LogP contribution in [0, 0.1) is 5.92 Å². The topological polar surface area (TPSA) is 72.2 Å². The predicted octanol–water partition coefficient (Wildman–Crippen LogP) is 2.61. The van der Waals surface area contributed by atoms with Gasteiger partial charge in [-0.25, -0.2) is 4.98 Å². The zero-order chi connectivity index (χ0) is 14.3. The lowest BCUT2D eigenvalue weighted by atomic mass is 9.82. The fraction of sp³-hybridized carbons (Fsp3) is 0.462. The van der Waals surface area contributed by atoms with Crippen LogP contribution in [0.3, 0.4) is 0 Å². The summed E-state index contributed by atoms with van der Waals surface area (Å²) >= 11 is 2.54. The van der Waals surface area contributed by atoms with Crippen molar-refractivity contribution in [3.63, 3.8) is 0 Å². The molecule has 0 unspecified atom stereocenters. The third kappa shape index (κ3) is 2.35. The SMILES string of the molecule is CC1CC(n2c(SCC(=O)O)nc3sccc3c2=O)C1. The maximum atomic E-state index is 12.6. The number of carboxylic acids is 1. The molecule has 1 fully saturated rings. The van der Waals surface area contributed by atoms with E-state index in [2.05, 4.69) is 11.9 Å². The van der Waals surface area contributed by atoms with Gasteiger partial charge in [0.05, 0.1) is 11.1 Å². The third-order valence-corrected chi connectivity index (χ3v) is 5.28. The highest BCUT2D eigenvalue weighted by molar-refractivity contribution is 7.99. The second kappa shape index (κ2) is 5.21. The Labute approximate surface area is 123 Å². The van der Waals surface area contributed by atoms with Crippen molar-refractivity contribution in [3.8, 4) is 0 Å². The molecule has 0 amide bonds. The van der Waals surface area contributed by atoms with Gasteiger partial charge in [-0.2, -0.15) is 0 Å². The molecule has 0 aromatic carbocycles. The van der Waals surface area contributed by atoms with Crippen LogP contribution in [0.25, 0.3) is 10.2 Å². The van der Waals surface area contributed by atoms with Crippen molar-refractivity contribution in [2.24, 2.45) is 5.92 Å². The first-order chi connectivity index (χ1) is 9.56. The number of thioether (sulfide) groups is 1. The summed E-state index contributed by atoms with van der Waals surface area (Å²) in [6.07, 6.45) is 1.91. The van der Waals surface area contributed by atoms with Crippen LogP contribution in [0.4, 0.5) is 0 Å². The maximum absolute atomic E-state index is 12.6. The minimum atomic E-state index is -0.899. The van der Waals surface area contributed by atoms with E-state index in [1.807, 2.05) is 5.38 Å². The van der Waals surface area contributed by atoms with E-state index in [9.17, 15) is 9.59 Å². The Morgan fingerprint density at radius 1 is 1.60 bits per heavy atom. The van der Waals surface area contributed by atoms with E-state index in [1.165, 1.54) is 11.3 Å². The summed E-state index contributed by atoms with van der Waals surface area (Å²) < 4.78 is 1.70. The van der Waals surface area contributed by atoms with Gasteiger partial charge in [0.2, 0.25) is 0 Å². The number of rotatable bonds is 4. The van der Waals surface area contributed by atoms with Gasteiger partial charge in [0.25, 0.3) is 5.56 Å². The monoisotopic (exact) mass is 310 g/mol. The minimum Gasteiger partial charge on any atom is -0.481 e. The van der Waals surface area contributed by atoms with Gasteiger partial charge in [0.1, 0.15) is 4.83 Å². The molecular formula is C13H14N2O3S2. The third-order valence-electron chi connectivity index (χ3n) is 3.54. The van der Waals surface area contributed by atoms with E-state index in [0.717, 1.165) is 24.6 Å². The number of thiophene rings is 1. The normalized spacial score (nSPS) is 21.9. The van der Waals surface area contributed by atoms with Crippen LogP contribution < -0.4 is 5.56 Å². The van der Waals surface area contributed by atoms with Crippen LogP contribution in [0.5, 0.6) is 0 Å². The fourth-order valence-corrected chi connectivity index (χ4v) is 4.12. The van der Waals surface area contributed by atoms with Gasteiger partial charge < -0.3 is 5.11 Å². The first kappa shape index (κ1) is 13.6. The molecule has 0 saturated heterocycles. The summed E-state index contributed by atoms with van der Waals surface area (Å²) in [5.41, 5.74) is -0.0407. The molecule has 1 aliphatic carbocycles. The van der Waals surface area contributed by atoms with Crippen LogP contribution >= 0.6 is 23.1 Å². The summed E-state index contributed by atoms with van der Waals surface area (Å²) in [5, 5.41) is 11.8. The minimum absolute atomic E-state index is 0.0407. The van der Waals surface area contributed by atoms with Gasteiger partial charge in [0.15, 0.2) is 5.16 Å². The van der Waals surface area contributed by atoms with E-state index < -0.39 is 5.97 Å². The zero-order valence-corrected chi connectivity index (χ0v) is 12.5. The number of carbonyl (C=O) groups is 1. The van der Waals surface area contributed by atoms with Gasteiger partial charge in [0, 0.05) is 6.04 Å². The summed E-state index contributed by atoms with van der Waals surface area (Å²) in [7, 11) is 0. The molecule has 20 heavy (non-hydrogen) atoms. The Balaban J connectivity index is 2.07. The molecule has 106 valence electrons. The highest BCUT2D eigenvalue weighted by Gasteiger charge is 2.30. The van der Waals surface area contributed by atoms with Crippen molar-refractivity contribution in [2.75, 3.05) is 5.75 Å². The van der Waals surface area contributed by atoms with Crippen LogP contribution in [0.15, 0.2) is 21.4 Å². The molecular weight excluding hydrogens is 296 g/mol. The lowest BCUT2D eigenvalue weighted by Gasteiger charge is -2.35. The second-order valence-electron chi connectivity index (χ2n) is 5.12. The van der Waals surface area contributed by atoms with Gasteiger partial charge in [-0.1, -0.05) is 18.7 Å². The summed E-state index contributed by atoms with van der Waals surface area (Å²) in [5.74, 6) is -0.363. The average Bonchev–Trinajstić information content (AvgIpc) is 2.82. The van der Waals surface area contributed by atoms with Gasteiger partial charge in [-0.05, 0) is 30.2 Å². The molecule has 1 aliphatic rings. The first-order valence-corrected chi connectivity index (χ1v) is 8.27. The van der Waals surface area contributed by atoms with Crippen molar-refractivity contribution in [2.45, 2.75) is 31.0 Å². The molecule has 0 aliphatic heterocycles. The van der Waals surface area contributed by atoms with Crippen molar-refractivity contribution in [3.05, 3.63) is 21.8 Å². The average molecular weight is 310 g/mol. The molecule has 1 N–H and O–H groups in total. The smallest absolute Gasteiger partial charge is 0.313 e. The fourth-order valence-electron chi connectivity index (χ4n) is 2.53. The number of hydrogen-bond donors (Lipinski definition) is 1. The van der Waals surface area contributed by atoms with Gasteiger partial charge >= 0.3 is 5.97 Å². The van der Waals surface area contributed by atoms with Crippen LogP contribution in [0.2, 0.25) is 0 Å². The van der Waals surface area contributed by atoms with Crippen molar-refractivity contribution in [1.29, 1.82) is 0 Å². The lowest BCUT2D eigenvalue weighted by Crippen LogP contribution is -2.34. The predicted molar refractivity (Wildman–Crippen MR) is 79.7 cm³/mol. The maximum Gasteiger partial charge on any atom is 0.313 e. The molecule has 0 bridgehead atoms. The van der Waals surface area contributed by atoms with Crippen LogP contribution in [-0.2, 0) is 4.79 Å². The molecule has 5 nitrogen and oxygen atoms in total. The largest absolute Gasteiger partial charge is 0.481 e. The molecule has 0 spiro atoms. The number of nitrogens with zero attached hydrogens (tertiary/aromatic N) is 2. The van der Waals surface area contributed by atoms with Crippen LogP contribution in [0.1, 0.15) is 25.8 Å². The van der Waals surface area contributed by atoms with E-state index in [0.29, 0.717) is 21.3 Å². The molecule has 3 rings (SSSR count). The number of aliphatic carboxylic acids is 1. The molecule has 0 radical (unpaired) electrons. The summed E-state index contributed by atoms with van der Waals surface area (Å²) in [4.78, 5) is 28.5. The molecule has 2 aromatic rings. The van der Waals surface area contributed by atoms with E-state index in [-0.39, 0.29) is 17.4 Å². The second-order valence-corrected chi connectivity index (χ2v) is 6.96. The number of fused-ring (bicyclic) bond motifs is 1. The Hall–Kier alpha value is -1.34.